The molecule has 182 valence electrons. The third-order valence-electron chi connectivity index (χ3n) is 6.83. The number of H-pyrrole nitrogens is 1. The van der Waals surface area contributed by atoms with Crippen LogP contribution in [-0.2, 0) is 6.42 Å². The van der Waals surface area contributed by atoms with E-state index in [1.165, 1.54) is 44.0 Å². The van der Waals surface area contributed by atoms with Gasteiger partial charge >= 0.3 is 0 Å². The van der Waals surface area contributed by atoms with Crippen LogP contribution in [0, 0.1) is 6.92 Å². The first-order valence-corrected chi connectivity index (χ1v) is 12.5. The summed E-state index contributed by atoms with van der Waals surface area (Å²) in [5, 5.41) is 14.5. The lowest BCUT2D eigenvalue weighted by atomic mass is 10.0. The van der Waals surface area contributed by atoms with Crippen molar-refractivity contribution in [3.63, 3.8) is 0 Å². The van der Waals surface area contributed by atoms with Gasteiger partial charge in [0.15, 0.2) is 0 Å². The van der Waals surface area contributed by atoms with Crippen LogP contribution in [0.3, 0.4) is 0 Å². The molecule has 2 aromatic carbocycles. The van der Waals surface area contributed by atoms with Gasteiger partial charge in [-0.1, -0.05) is 24.6 Å². The number of fused-ring (bicyclic) bond motifs is 1. The molecule has 3 aromatic rings. The highest BCUT2D eigenvalue weighted by molar-refractivity contribution is 5.87. The Morgan fingerprint density at radius 3 is 2.74 bits per heavy atom. The van der Waals surface area contributed by atoms with Gasteiger partial charge in [-0.15, -0.1) is 0 Å². The summed E-state index contributed by atoms with van der Waals surface area (Å²) in [5.41, 5.74) is 3.78. The molecule has 1 saturated heterocycles. The summed E-state index contributed by atoms with van der Waals surface area (Å²) in [5.74, 6) is 1.07. The zero-order valence-electron chi connectivity index (χ0n) is 20.4. The van der Waals surface area contributed by atoms with Crippen molar-refractivity contribution in [1.82, 2.24) is 15.2 Å². The largest absolute Gasteiger partial charge is 0.506 e. The number of rotatable bonds is 10. The number of phenolic OH excluding ortho intramolecular Hbond substituents is 1. The number of aromatic hydroxyl groups is 1. The van der Waals surface area contributed by atoms with Crippen molar-refractivity contribution < 1.29 is 9.84 Å². The van der Waals surface area contributed by atoms with Gasteiger partial charge in [0.1, 0.15) is 11.5 Å². The van der Waals surface area contributed by atoms with E-state index >= 15 is 0 Å². The second kappa shape index (κ2) is 11.5. The smallest absolute Gasteiger partial charge is 0.248 e. The molecule has 1 aliphatic rings. The van der Waals surface area contributed by atoms with Gasteiger partial charge < -0.3 is 25.0 Å². The maximum absolute atomic E-state index is 11.6. The van der Waals surface area contributed by atoms with Crippen LogP contribution in [-0.4, -0.2) is 47.8 Å². The van der Waals surface area contributed by atoms with E-state index in [1.54, 1.807) is 12.1 Å². The van der Waals surface area contributed by atoms with Crippen molar-refractivity contribution in [2.75, 3.05) is 32.8 Å². The number of nitrogens with one attached hydrogen (secondary N) is 2. The number of aromatic amines is 1. The van der Waals surface area contributed by atoms with Crippen molar-refractivity contribution in [3.05, 3.63) is 69.5 Å². The fraction of sp³-hybridized carbons (Fsp3) is 0.464. The SMILES string of the molecule is Cc1cc(C(C)NCCc2ccc(O)c3[nH]c(=O)ccc23)ccc1OCCCN1CCCCC1. The molecule has 1 fully saturated rings. The van der Waals surface area contributed by atoms with E-state index in [-0.39, 0.29) is 17.4 Å². The van der Waals surface area contributed by atoms with Crippen molar-refractivity contribution in [2.45, 2.75) is 52.0 Å². The summed E-state index contributed by atoms with van der Waals surface area (Å²) >= 11 is 0. The molecule has 1 aromatic heterocycles. The van der Waals surface area contributed by atoms with Crippen molar-refractivity contribution >= 4 is 10.9 Å². The first-order valence-electron chi connectivity index (χ1n) is 12.5. The number of aryl methyl sites for hydroxylation is 1. The highest BCUT2D eigenvalue weighted by atomic mass is 16.5. The summed E-state index contributed by atoms with van der Waals surface area (Å²) in [6.45, 7) is 9.43. The summed E-state index contributed by atoms with van der Waals surface area (Å²) in [7, 11) is 0. The molecule has 1 unspecified atom stereocenters. The number of benzene rings is 2. The van der Waals surface area contributed by atoms with Gasteiger partial charge in [0.05, 0.1) is 12.1 Å². The van der Waals surface area contributed by atoms with Gasteiger partial charge in [-0.3, -0.25) is 4.79 Å². The monoisotopic (exact) mass is 463 g/mol. The molecule has 3 N–H and O–H groups in total. The molecule has 1 atom stereocenters. The fourth-order valence-electron chi connectivity index (χ4n) is 4.81. The highest BCUT2D eigenvalue weighted by Crippen LogP contribution is 2.26. The number of ether oxygens (including phenoxy) is 1. The van der Waals surface area contributed by atoms with Crippen LogP contribution in [0.25, 0.3) is 10.9 Å². The zero-order chi connectivity index (χ0) is 23.9. The maximum Gasteiger partial charge on any atom is 0.248 e. The quantitative estimate of drug-likeness (QED) is 0.380. The molecule has 2 heterocycles. The molecule has 0 amide bonds. The third-order valence-corrected chi connectivity index (χ3v) is 6.83. The average Bonchev–Trinajstić information content (AvgIpc) is 2.84. The molecule has 6 nitrogen and oxygen atoms in total. The number of phenols is 1. The lowest BCUT2D eigenvalue weighted by Gasteiger charge is -2.26. The van der Waals surface area contributed by atoms with E-state index in [4.69, 9.17) is 4.74 Å². The lowest BCUT2D eigenvalue weighted by molar-refractivity contribution is 0.204. The van der Waals surface area contributed by atoms with Gasteiger partial charge in [0.2, 0.25) is 5.56 Å². The minimum Gasteiger partial charge on any atom is -0.506 e. The molecule has 0 saturated carbocycles. The molecule has 34 heavy (non-hydrogen) atoms. The first-order chi connectivity index (χ1) is 16.5. The van der Waals surface area contributed by atoms with E-state index in [2.05, 4.69) is 47.2 Å². The topological polar surface area (TPSA) is 77.6 Å². The van der Waals surface area contributed by atoms with Crippen LogP contribution in [0.15, 0.2) is 47.3 Å². The molecule has 0 radical (unpaired) electrons. The molecule has 1 aliphatic heterocycles. The van der Waals surface area contributed by atoms with Gasteiger partial charge in [-0.05, 0) is 94.1 Å². The van der Waals surface area contributed by atoms with Crippen molar-refractivity contribution in [1.29, 1.82) is 0 Å². The number of piperidine rings is 1. The highest BCUT2D eigenvalue weighted by Gasteiger charge is 2.11. The number of pyridine rings is 1. The van der Waals surface area contributed by atoms with Crippen LogP contribution < -0.4 is 15.6 Å². The van der Waals surface area contributed by atoms with E-state index in [0.29, 0.717) is 5.52 Å². The normalized spacial score (nSPS) is 15.5. The predicted molar refractivity (Wildman–Crippen MR) is 138 cm³/mol. The predicted octanol–water partition coefficient (Wildman–Crippen LogP) is 4.69. The average molecular weight is 464 g/mol. The fourth-order valence-corrected chi connectivity index (χ4v) is 4.81. The first kappa shape index (κ1) is 24.3. The van der Waals surface area contributed by atoms with Crippen LogP contribution in [0.1, 0.15) is 55.3 Å². The maximum atomic E-state index is 11.6. The van der Waals surface area contributed by atoms with Gasteiger partial charge in [0, 0.05) is 24.0 Å². The molecular formula is C28H37N3O3. The zero-order valence-corrected chi connectivity index (χ0v) is 20.4. The Morgan fingerprint density at radius 2 is 1.94 bits per heavy atom. The second-order valence-electron chi connectivity index (χ2n) is 9.41. The van der Waals surface area contributed by atoms with Gasteiger partial charge in [-0.25, -0.2) is 0 Å². The number of hydrogen-bond acceptors (Lipinski definition) is 5. The number of hydrogen-bond donors (Lipinski definition) is 3. The molecular weight excluding hydrogens is 426 g/mol. The van der Waals surface area contributed by atoms with E-state index < -0.39 is 0 Å². The minimum atomic E-state index is -0.212. The van der Waals surface area contributed by atoms with E-state index in [9.17, 15) is 9.90 Å². The number of likely N-dealkylation sites (tertiary alicyclic amines) is 1. The van der Waals surface area contributed by atoms with Crippen molar-refractivity contribution in [3.8, 4) is 11.5 Å². The Hall–Kier alpha value is -2.83. The van der Waals surface area contributed by atoms with E-state index in [0.717, 1.165) is 54.8 Å². The Morgan fingerprint density at radius 1 is 1.12 bits per heavy atom. The van der Waals surface area contributed by atoms with Crippen LogP contribution in [0.2, 0.25) is 0 Å². The summed E-state index contributed by atoms with van der Waals surface area (Å²) < 4.78 is 6.07. The molecule has 0 bridgehead atoms. The van der Waals surface area contributed by atoms with Crippen LogP contribution in [0.4, 0.5) is 0 Å². The Balaban J connectivity index is 1.27. The lowest BCUT2D eigenvalue weighted by Crippen LogP contribution is -2.31. The number of nitrogens with zero attached hydrogens (tertiary/aromatic N) is 1. The second-order valence-corrected chi connectivity index (χ2v) is 9.41. The molecule has 6 heteroatoms. The molecule has 4 rings (SSSR count). The summed E-state index contributed by atoms with van der Waals surface area (Å²) in [6.07, 6.45) is 5.91. The van der Waals surface area contributed by atoms with Gasteiger partial charge in [-0.2, -0.15) is 0 Å². The van der Waals surface area contributed by atoms with Crippen LogP contribution >= 0.6 is 0 Å². The Labute approximate surface area is 202 Å². The number of aromatic nitrogens is 1. The minimum absolute atomic E-state index is 0.0991. The summed E-state index contributed by atoms with van der Waals surface area (Å²) in [6, 6.07) is 13.5. The Kier molecular flexibility index (Phi) is 8.25. The van der Waals surface area contributed by atoms with Crippen molar-refractivity contribution in [2.24, 2.45) is 0 Å². The third kappa shape index (κ3) is 6.19. The van der Waals surface area contributed by atoms with Crippen LogP contribution in [0.5, 0.6) is 11.5 Å². The van der Waals surface area contributed by atoms with E-state index in [1.807, 2.05) is 6.07 Å². The molecule has 0 aliphatic carbocycles. The molecule has 0 spiro atoms. The van der Waals surface area contributed by atoms with Gasteiger partial charge in [0.25, 0.3) is 0 Å². The summed E-state index contributed by atoms with van der Waals surface area (Å²) in [4.78, 5) is 16.9. The Bertz CT molecular complexity index is 1150. The standard InChI is InChI=1S/C28H37N3O3/c1-20-19-23(8-11-26(20)34-18-6-17-31-15-4-3-5-16-31)21(2)29-14-13-22-7-10-25(32)28-24(22)9-12-27(33)30-28/h7-12,19,21,29,32H,3-6,13-18H2,1-2H3,(H,30,33).